The van der Waals surface area contributed by atoms with Crippen LogP contribution >= 0.6 is 0 Å². The molecule has 0 atom stereocenters. The van der Waals surface area contributed by atoms with Crippen LogP contribution in [0.3, 0.4) is 0 Å². The molecule has 134 valence electrons. The molecule has 0 amide bonds. The van der Waals surface area contributed by atoms with Crippen LogP contribution in [0.5, 0.6) is 0 Å². The molecule has 2 rings (SSSR count). The molecule has 6 nitrogen and oxygen atoms in total. The summed E-state index contributed by atoms with van der Waals surface area (Å²) in [4.78, 5) is 25.3. The molecule has 2 aromatic rings. The predicted octanol–water partition coefficient (Wildman–Crippen LogP) is 3.80. The molecule has 0 aliphatic heterocycles. The largest absolute Gasteiger partial charge is 0.464 e. The maximum atomic E-state index is 12.5. The Kier molecular flexibility index (Phi) is 6.01. The van der Waals surface area contributed by atoms with Gasteiger partial charge >= 0.3 is 0 Å². The van der Waals surface area contributed by atoms with E-state index >= 15 is 0 Å². The van der Waals surface area contributed by atoms with Crippen LogP contribution in [0.4, 0.5) is 5.82 Å². The second-order valence-corrected chi connectivity index (χ2v) is 5.81. The lowest BCUT2D eigenvalue weighted by molar-refractivity contribution is 0.104. The number of carbonyl (C=O) groups excluding carboxylic acids is 1. The van der Waals surface area contributed by atoms with Crippen LogP contribution in [0, 0.1) is 20.8 Å². The Balaban J connectivity index is 2.27. The average molecular weight is 350 g/mol. The van der Waals surface area contributed by atoms with Crippen molar-refractivity contribution in [2.45, 2.75) is 27.7 Å². The first-order chi connectivity index (χ1) is 12.3. The van der Waals surface area contributed by atoms with Crippen LogP contribution < -0.4 is 5.73 Å². The first-order valence-corrected chi connectivity index (χ1v) is 8.10. The molecular weight excluding hydrogens is 328 g/mol. The summed E-state index contributed by atoms with van der Waals surface area (Å²) in [5.74, 6) is -0.00164. The van der Waals surface area contributed by atoms with Crippen molar-refractivity contribution in [3.63, 3.8) is 0 Å². The van der Waals surface area contributed by atoms with Gasteiger partial charge in [0.2, 0.25) is 5.78 Å². The summed E-state index contributed by atoms with van der Waals surface area (Å²) in [6.07, 6.45) is 6.24. The molecule has 26 heavy (non-hydrogen) atoms. The molecule has 0 aromatic carbocycles. The van der Waals surface area contributed by atoms with Crippen molar-refractivity contribution in [3.05, 3.63) is 71.2 Å². The zero-order valence-electron chi connectivity index (χ0n) is 15.4. The number of aryl methyl sites for hydroxylation is 3. The number of pyridine rings is 1. The molecule has 2 heterocycles. The lowest BCUT2D eigenvalue weighted by Gasteiger charge is -2.09. The van der Waals surface area contributed by atoms with Gasteiger partial charge in [-0.15, -0.1) is 0 Å². The third kappa shape index (κ3) is 4.63. The van der Waals surface area contributed by atoms with Crippen molar-refractivity contribution >= 4 is 23.4 Å². The smallest absolute Gasteiger partial charge is 0.208 e. The molecule has 0 aliphatic carbocycles. The maximum Gasteiger partial charge on any atom is 0.208 e. The number of ether oxygens (including phenoxy) is 1. The van der Waals surface area contributed by atoms with Crippen LogP contribution in [-0.2, 0) is 4.74 Å². The van der Waals surface area contributed by atoms with E-state index in [0.29, 0.717) is 22.8 Å². The fourth-order valence-electron chi connectivity index (χ4n) is 2.38. The number of nitrogens with zero attached hydrogens (tertiary/aromatic N) is 3. The zero-order valence-corrected chi connectivity index (χ0v) is 15.4. The minimum Gasteiger partial charge on any atom is -0.464 e. The first kappa shape index (κ1) is 19.1. The van der Waals surface area contributed by atoms with E-state index < -0.39 is 0 Å². The van der Waals surface area contributed by atoms with E-state index in [1.54, 1.807) is 19.1 Å². The summed E-state index contributed by atoms with van der Waals surface area (Å²) < 4.78 is 5.30. The van der Waals surface area contributed by atoms with Crippen molar-refractivity contribution in [2.75, 3.05) is 5.73 Å². The van der Waals surface area contributed by atoms with E-state index in [9.17, 15) is 4.79 Å². The molecule has 0 aliphatic rings. The van der Waals surface area contributed by atoms with Crippen molar-refractivity contribution in [1.29, 1.82) is 0 Å². The Labute approximate surface area is 153 Å². The second-order valence-electron chi connectivity index (χ2n) is 5.81. The van der Waals surface area contributed by atoms with Crippen LogP contribution in [0.25, 0.3) is 11.8 Å². The molecule has 0 spiro atoms. The number of ketones is 1. The lowest BCUT2D eigenvalue weighted by atomic mass is 10.1. The molecular formula is C20H22N4O2. The number of rotatable bonds is 6. The van der Waals surface area contributed by atoms with Gasteiger partial charge in [0.1, 0.15) is 11.5 Å². The molecule has 0 saturated carbocycles. The topological polar surface area (TPSA) is 91.0 Å². The Morgan fingerprint density at radius 3 is 2.54 bits per heavy atom. The number of allylic oxidation sites excluding steroid dienone is 2. The summed E-state index contributed by atoms with van der Waals surface area (Å²) in [6, 6.07) is 3.86. The normalized spacial score (nSPS) is 11.2. The van der Waals surface area contributed by atoms with E-state index in [1.807, 2.05) is 32.9 Å². The molecule has 6 heteroatoms. The number of hydrogen-bond donors (Lipinski definition) is 1. The highest BCUT2D eigenvalue weighted by atomic mass is 16.5. The number of nitrogen functional groups attached to an aromatic ring is 1. The SMILES string of the molecule is C=C(O/C=C\C)c1nc(N)c(C(=O)/C=C/c2cc(C)cc(C)n2)nc1C. The van der Waals surface area contributed by atoms with Gasteiger partial charge < -0.3 is 10.5 Å². The second kappa shape index (κ2) is 8.20. The average Bonchev–Trinajstić information content (AvgIpc) is 2.58. The van der Waals surface area contributed by atoms with Crippen LogP contribution in [0.1, 0.15) is 45.8 Å². The van der Waals surface area contributed by atoms with Gasteiger partial charge in [0.15, 0.2) is 11.5 Å². The van der Waals surface area contributed by atoms with Gasteiger partial charge in [-0.1, -0.05) is 12.7 Å². The summed E-state index contributed by atoms with van der Waals surface area (Å²) in [6.45, 7) is 11.2. The first-order valence-electron chi connectivity index (χ1n) is 8.10. The molecule has 0 fully saturated rings. The number of hydrogen-bond acceptors (Lipinski definition) is 6. The van der Waals surface area contributed by atoms with Crippen LogP contribution in [0.2, 0.25) is 0 Å². The highest BCUT2D eigenvalue weighted by molar-refractivity contribution is 6.08. The molecule has 0 bridgehead atoms. The number of carbonyl (C=O) groups is 1. The van der Waals surface area contributed by atoms with Gasteiger partial charge in [0.25, 0.3) is 0 Å². The monoisotopic (exact) mass is 350 g/mol. The Bertz CT molecular complexity index is 894. The Morgan fingerprint density at radius 1 is 1.15 bits per heavy atom. The van der Waals surface area contributed by atoms with Gasteiger partial charge in [-0.05, 0) is 57.5 Å². The molecule has 0 unspecified atom stereocenters. The zero-order chi connectivity index (χ0) is 19.3. The summed E-state index contributed by atoms with van der Waals surface area (Å²) >= 11 is 0. The van der Waals surface area contributed by atoms with Crippen LogP contribution in [0.15, 0.2) is 37.1 Å². The van der Waals surface area contributed by atoms with Crippen molar-refractivity contribution in [3.8, 4) is 0 Å². The quantitative estimate of drug-likeness (QED) is 0.484. The number of nitrogens with two attached hydrogens (primary N) is 1. The number of aromatic nitrogens is 3. The fraction of sp³-hybridized carbons (Fsp3) is 0.200. The summed E-state index contributed by atoms with van der Waals surface area (Å²) in [5.41, 5.74) is 9.58. The highest BCUT2D eigenvalue weighted by Gasteiger charge is 2.16. The maximum absolute atomic E-state index is 12.5. The molecule has 2 aromatic heterocycles. The Hall–Kier alpha value is -3.28. The van der Waals surface area contributed by atoms with E-state index in [-0.39, 0.29) is 17.3 Å². The molecule has 0 radical (unpaired) electrons. The van der Waals surface area contributed by atoms with Gasteiger partial charge in [0.05, 0.1) is 17.6 Å². The number of anilines is 1. The van der Waals surface area contributed by atoms with Gasteiger partial charge in [-0.25, -0.2) is 9.97 Å². The minimum absolute atomic E-state index is 0.0267. The molecule has 0 saturated heterocycles. The Morgan fingerprint density at radius 2 is 1.88 bits per heavy atom. The third-order valence-corrected chi connectivity index (χ3v) is 3.46. The van der Waals surface area contributed by atoms with Gasteiger partial charge in [0, 0.05) is 5.69 Å². The van der Waals surface area contributed by atoms with Crippen LogP contribution in [-0.4, -0.2) is 20.7 Å². The summed E-state index contributed by atoms with van der Waals surface area (Å²) in [7, 11) is 0. The van der Waals surface area contributed by atoms with Crippen molar-refractivity contribution < 1.29 is 9.53 Å². The van der Waals surface area contributed by atoms with E-state index in [0.717, 1.165) is 11.3 Å². The third-order valence-electron chi connectivity index (χ3n) is 3.46. The van der Waals surface area contributed by atoms with Gasteiger partial charge in [-0.2, -0.15) is 0 Å². The predicted molar refractivity (Wildman–Crippen MR) is 103 cm³/mol. The van der Waals surface area contributed by atoms with Crippen molar-refractivity contribution in [2.24, 2.45) is 0 Å². The highest BCUT2D eigenvalue weighted by Crippen LogP contribution is 2.19. The van der Waals surface area contributed by atoms with Crippen molar-refractivity contribution in [1.82, 2.24) is 15.0 Å². The van der Waals surface area contributed by atoms with Gasteiger partial charge in [-0.3, -0.25) is 9.78 Å². The van der Waals surface area contributed by atoms with E-state index in [2.05, 4.69) is 21.5 Å². The fourth-order valence-corrected chi connectivity index (χ4v) is 2.38. The summed E-state index contributed by atoms with van der Waals surface area (Å²) in [5, 5.41) is 0. The molecule has 2 N–H and O–H groups in total. The van der Waals surface area contributed by atoms with E-state index in [4.69, 9.17) is 10.5 Å². The minimum atomic E-state index is -0.342. The van der Waals surface area contributed by atoms with E-state index in [1.165, 1.54) is 12.3 Å². The standard InChI is InChI=1S/C20H22N4O2/c1-6-9-26-15(5)18-14(4)23-19(20(21)24-18)17(25)8-7-16-11-12(2)10-13(3)22-16/h6-11H,5H2,1-4H3,(H2,21,24)/b8-7+,9-6-. The lowest BCUT2D eigenvalue weighted by Crippen LogP contribution is -2.11.